The predicted octanol–water partition coefficient (Wildman–Crippen LogP) is 2.27. The van der Waals surface area contributed by atoms with Crippen LogP contribution < -0.4 is 4.74 Å². The summed E-state index contributed by atoms with van der Waals surface area (Å²) in [5.41, 5.74) is 0.903. The van der Waals surface area contributed by atoms with E-state index in [1.165, 1.54) is 12.1 Å². The van der Waals surface area contributed by atoms with E-state index in [0.717, 1.165) is 5.56 Å². The van der Waals surface area contributed by atoms with Crippen molar-refractivity contribution in [3.05, 3.63) is 42.2 Å². The third kappa shape index (κ3) is 3.76. The molecule has 0 unspecified atom stereocenters. The third-order valence-corrected chi connectivity index (χ3v) is 2.14. The summed E-state index contributed by atoms with van der Waals surface area (Å²) in [6, 6.07) is 6.37. The normalized spacial score (nSPS) is 11.5. The van der Waals surface area contributed by atoms with Gasteiger partial charge in [0, 0.05) is 6.20 Å². The largest absolute Gasteiger partial charge is 0.484 e. The fourth-order valence-electron chi connectivity index (χ4n) is 1.36. The van der Waals surface area contributed by atoms with E-state index in [-0.39, 0.29) is 5.75 Å². The number of alkyl halides is 3. The van der Waals surface area contributed by atoms with Gasteiger partial charge in [-0.3, -0.25) is 0 Å². The number of halogens is 3. The lowest BCUT2D eigenvalue weighted by molar-refractivity contribution is -0.153. The van der Waals surface area contributed by atoms with E-state index < -0.39 is 12.8 Å². The Bertz CT molecular complexity index is 479. The highest BCUT2D eigenvalue weighted by atomic mass is 19.4. The lowest BCUT2D eigenvalue weighted by Gasteiger charge is -2.09. The Labute approximate surface area is 101 Å². The van der Waals surface area contributed by atoms with Crippen molar-refractivity contribution in [1.29, 1.82) is 0 Å². The molecule has 0 radical (unpaired) electrons. The van der Waals surface area contributed by atoms with Crippen molar-refractivity contribution in [1.82, 2.24) is 15.0 Å². The Morgan fingerprint density at radius 3 is 2.44 bits per heavy atom. The molecule has 0 aliphatic carbocycles. The highest BCUT2D eigenvalue weighted by Gasteiger charge is 2.28. The molecule has 0 atom stereocenters. The molecule has 0 aliphatic rings. The van der Waals surface area contributed by atoms with Gasteiger partial charge in [0.25, 0.3) is 0 Å². The highest BCUT2D eigenvalue weighted by Crippen LogP contribution is 2.18. The minimum absolute atomic E-state index is 0.190. The Kier molecular flexibility index (Phi) is 3.50. The zero-order chi connectivity index (χ0) is 13.0. The molecule has 0 aliphatic heterocycles. The molecule has 96 valence electrons. The minimum atomic E-state index is -4.32. The van der Waals surface area contributed by atoms with Gasteiger partial charge in [-0.05, 0) is 17.7 Å². The van der Waals surface area contributed by atoms with Crippen molar-refractivity contribution in [3.63, 3.8) is 0 Å². The van der Waals surface area contributed by atoms with Crippen LogP contribution in [0.3, 0.4) is 0 Å². The summed E-state index contributed by atoms with van der Waals surface area (Å²) in [6.45, 7) is -0.769. The summed E-state index contributed by atoms with van der Waals surface area (Å²) >= 11 is 0. The number of benzene rings is 1. The molecule has 7 heteroatoms. The van der Waals surface area contributed by atoms with E-state index in [4.69, 9.17) is 0 Å². The fraction of sp³-hybridized carbons (Fsp3) is 0.273. The molecule has 2 rings (SSSR count). The second-order valence-corrected chi connectivity index (χ2v) is 3.65. The van der Waals surface area contributed by atoms with Crippen LogP contribution in [0, 0.1) is 0 Å². The van der Waals surface area contributed by atoms with Crippen LogP contribution in [0.25, 0.3) is 0 Å². The lowest BCUT2D eigenvalue weighted by atomic mass is 10.2. The Morgan fingerprint density at radius 1 is 1.17 bits per heavy atom. The smallest absolute Gasteiger partial charge is 0.422 e. The van der Waals surface area contributed by atoms with Crippen LogP contribution >= 0.6 is 0 Å². The molecular formula is C11H10F3N3O. The summed E-state index contributed by atoms with van der Waals surface area (Å²) in [4.78, 5) is 0. The number of hydrogen-bond acceptors (Lipinski definition) is 3. The highest BCUT2D eigenvalue weighted by molar-refractivity contribution is 5.27. The maximum atomic E-state index is 11.9. The first kappa shape index (κ1) is 12.4. The molecule has 4 nitrogen and oxygen atoms in total. The van der Waals surface area contributed by atoms with Gasteiger partial charge >= 0.3 is 6.18 Å². The molecule has 0 fully saturated rings. The first-order chi connectivity index (χ1) is 8.53. The second-order valence-electron chi connectivity index (χ2n) is 3.65. The van der Waals surface area contributed by atoms with Gasteiger partial charge in [-0.1, -0.05) is 17.3 Å². The van der Waals surface area contributed by atoms with E-state index >= 15 is 0 Å². The zero-order valence-electron chi connectivity index (χ0n) is 9.26. The molecular weight excluding hydrogens is 247 g/mol. The van der Waals surface area contributed by atoms with Crippen LogP contribution in [0.1, 0.15) is 5.56 Å². The number of nitrogens with zero attached hydrogens (tertiary/aromatic N) is 3. The van der Waals surface area contributed by atoms with Crippen molar-refractivity contribution in [2.24, 2.45) is 0 Å². The van der Waals surface area contributed by atoms with Gasteiger partial charge in [0.15, 0.2) is 6.61 Å². The summed E-state index contributed by atoms with van der Waals surface area (Å²) in [7, 11) is 0. The topological polar surface area (TPSA) is 39.9 Å². The average Bonchev–Trinajstić information content (AvgIpc) is 2.80. The standard InChI is InChI=1S/C11H10F3N3O/c12-11(13,14)8-18-10-3-1-9(2-4-10)7-17-6-5-15-16-17/h1-6H,7-8H2. The van der Waals surface area contributed by atoms with Gasteiger partial charge in [-0.2, -0.15) is 13.2 Å². The fourth-order valence-corrected chi connectivity index (χ4v) is 1.36. The van der Waals surface area contributed by atoms with E-state index in [2.05, 4.69) is 15.0 Å². The van der Waals surface area contributed by atoms with Crippen molar-refractivity contribution >= 4 is 0 Å². The van der Waals surface area contributed by atoms with Crippen molar-refractivity contribution in [2.45, 2.75) is 12.7 Å². The van der Waals surface area contributed by atoms with E-state index in [1.807, 2.05) is 0 Å². The second kappa shape index (κ2) is 5.07. The Hall–Kier alpha value is -2.05. The molecule has 1 aromatic heterocycles. The number of aromatic nitrogens is 3. The first-order valence-electron chi connectivity index (χ1n) is 5.15. The van der Waals surface area contributed by atoms with E-state index in [9.17, 15) is 13.2 Å². The van der Waals surface area contributed by atoms with Crippen molar-refractivity contribution in [2.75, 3.05) is 6.61 Å². The van der Waals surface area contributed by atoms with Gasteiger partial charge < -0.3 is 4.74 Å². The van der Waals surface area contributed by atoms with E-state index in [1.54, 1.807) is 29.2 Å². The molecule has 0 saturated heterocycles. The molecule has 0 amide bonds. The summed E-state index contributed by atoms with van der Waals surface area (Å²) in [6.07, 6.45) is -1.06. The lowest BCUT2D eigenvalue weighted by Crippen LogP contribution is -2.19. The Morgan fingerprint density at radius 2 is 1.89 bits per heavy atom. The number of rotatable bonds is 4. The van der Waals surface area contributed by atoms with Crippen molar-refractivity contribution < 1.29 is 17.9 Å². The maximum absolute atomic E-state index is 11.9. The number of hydrogen-bond donors (Lipinski definition) is 0. The molecule has 18 heavy (non-hydrogen) atoms. The van der Waals surface area contributed by atoms with Gasteiger partial charge in [-0.15, -0.1) is 5.10 Å². The van der Waals surface area contributed by atoms with Crippen LogP contribution in [0.5, 0.6) is 5.75 Å². The molecule has 0 saturated carbocycles. The summed E-state index contributed by atoms with van der Waals surface area (Å²) < 4.78 is 42.0. The molecule has 0 spiro atoms. The monoisotopic (exact) mass is 257 g/mol. The number of ether oxygens (including phenoxy) is 1. The molecule has 2 aromatic rings. The maximum Gasteiger partial charge on any atom is 0.422 e. The van der Waals surface area contributed by atoms with Gasteiger partial charge in [0.05, 0.1) is 12.7 Å². The first-order valence-corrected chi connectivity index (χ1v) is 5.15. The van der Waals surface area contributed by atoms with Crippen molar-refractivity contribution in [3.8, 4) is 5.75 Å². The van der Waals surface area contributed by atoms with Crippen LogP contribution in [-0.2, 0) is 6.54 Å². The van der Waals surface area contributed by atoms with Crippen LogP contribution in [0.4, 0.5) is 13.2 Å². The van der Waals surface area contributed by atoms with Crippen LogP contribution in [0.2, 0.25) is 0 Å². The SMILES string of the molecule is FC(F)(F)COc1ccc(Cn2ccnn2)cc1. The van der Waals surface area contributed by atoms with Gasteiger partial charge in [0.2, 0.25) is 0 Å². The van der Waals surface area contributed by atoms with E-state index in [0.29, 0.717) is 6.54 Å². The average molecular weight is 257 g/mol. The van der Waals surface area contributed by atoms with Gasteiger partial charge in [-0.25, -0.2) is 4.68 Å². The van der Waals surface area contributed by atoms with Crippen LogP contribution in [0.15, 0.2) is 36.7 Å². The predicted molar refractivity (Wildman–Crippen MR) is 57.1 cm³/mol. The Balaban J connectivity index is 1.93. The summed E-state index contributed by atoms with van der Waals surface area (Å²) in [5, 5.41) is 7.44. The quantitative estimate of drug-likeness (QED) is 0.843. The minimum Gasteiger partial charge on any atom is -0.484 e. The molecule has 1 aromatic carbocycles. The molecule has 0 N–H and O–H groups in total. The molecule has 0 bridgehead atoms. The molecule has 1 heterocycles. The summed E-state index contributed by atoms with van der Waals surface area (Å²) in [5.74, 6) is 0.190. The third-order valence-electron chi connectivity index (χ3n) is 2.14. The zero-order valence-corrected chi connectivity index (χ0v) is 9.26. The van der Waals surface area contributed by atoms with Gasteiger partial charge in [0.1, 0.15) is 5.75 Å². The van der Waals surface area contributed by atoms with Crippen LogP contribution in [-0.4, -0.2) is 27.8 Å².